The number of aryl methyl sites for hydroxylation is 1. The van der Waals surface area contributed by atoms with E-state index < -0.39 is 22.1 Å². The summed E-state index contributed by atoms with van der Waals surface area (Å²) < 4.78 is 29.6. The number of carboxylic acid groups (broad SMARTS) is 1. The third-order valence-corrected chi connectivity index (χ3v) is 3.80. The average molecular weight is 337 g/mol. The van der Waals surface area contributed by atoms with Crippen molar-refractivity contribution in [2.45, 2.75) is 24.3 Å². The van der Waals surface area contributed by atoms with E-state index in [1.54, 1.807) is 12.1 Å². The predicted octanol–water partition coefficient (Wildman–Crippen LogP) is 1.88. The number of nitrogens with two attached hydrogens (primary N) is 1. The first-order chi connectivity index (χ1) is 10.7. The molecule has 0 bridgehead atoms. The molecule has 4 N–H and O–H groups in total. The Bertz CT molecular complexity index is 727. The summed E-state index contributed by atoms with van der Waals surface area (Å²) in [4.78, 5) is 10.3. The molecule has 0 heterocycles. The smallest absolute Gasteiger partial charge is 0.320 e. The summed E-state index contributed by atoms with van der Waals surface area (Å²) >= 11 is 0. The van der Waals surface area contributed by atoms with Gasteiger partial charge in [-0.15, -0.1) is 0 Å². The van der Waals surface area contributed by atoms with Gasteiger partial charge in [-0.25, -0.2) is 0 Å². The van der Waals surface area contributed by atoms with Crippen LogP contribution in [-0.4, -0.2) is 30.1 Å². The van der Waals surface area contributed by atoms with E-state index in [-0.39, 0.29) is 4.90 Å². The number of carbonyl (C=O) groups is 1. The van der Waals surface area contributed by atoms with Crippen LogP contribution >= 0.6 is 0 Å². The molecule has 0 aliphatic carbocycles. The lowest BCUT2D eigenvalue weighted by Gasteiger charge is -2.04. The van der Waals surface area contributed by atoms with E-state index in [1.165, 1.54) is 12.1 Å². The van der Waals surface area contributed by atoms with Gasteiger partial charge in [-0.3, -0.25) is 9.35 Å². The predicted molar refractivity (Wildman–Crippen MR) is 86.8 cm³/mol. The Morgan fingerprint density at radius 2 is 1.61 bits per heavy atom. The van der Waals surface area contributed by atoms with Gasteiger partial charge in [0.15, 0.2) is 0 Å². The molecular weight excluding hydrogens is 318 g/mol. The standard InChI is InChI=1S/C9H11NO2.C7H8O3S/c10-8(9(11)12)6-7-4-2-1-3-5-7;1-6-2-4-7(5-3-6)11(8,9)10/h1-5,8H,6,10H2,(H,11,12);2-5H,1H3,(H,8,9,10). The van der Waals surface area contributed by atoms with Crippen molar-refractivity contribution in [3.8, 4) is 0 Å². The fraction of sp³-hybridized carbons (Fsp3) is 0.188. The summed E-state index contributed by atoms with van der Waals surface area (Å²) in [5.41, 5.74) is 7.26. The second-order valence-electron chi connectivity index (χ2n) is 4.92. The molecule has 6 nitrogen and oxygen atoms in total. The van der Waals surface area contributed by atoms with Gasteiger partial charge in [0.1, 0.15) is 6.04 Å². The van der Waals surface area contributed by atoms with E-state index in [0.717, 1.165) is 11.1 Å². The molecule has 124 valence electrons. The summed E-state index contributed by atoms with van der Waals surface area (Å²) in [6, 6.07) is 14.5. The van der Waals surface area contributed by atoms with E-state index in [1.807, 2.05) is 37.3 Å². The fourth-order valence-corrected chi connectivity index (χ4v) is 2.15. The van der Waals surface area contributed by atoms with Crippen molar-refractivity contribution in [1.82, 2.24) is 0 Å². The average Bonchev–Trinajstić information content (AvgIpc) is 2.48. The molecule has 2 aromatic carbocycles. The largest absolute Gasteiger partial charge is 0.480 e. The van der Waals surface area contributed by atoms with Crippen molar-refractivity contribution in [3.63, 3.8) is 0 Å². The lowest BCUT2D eigenvalue weighted by molar-refractivity contribution is -0.138. The number of hydrogen-bond donors (Lipinski definition) is 3. The molecule has 0 radical (unpaired) electrons. The third kappa shape index (κ3) is 7.05. The molecular formula is C16H19NO5S. The van der Waals surface area contributed by atoms with Crippen molar-refractivity contribution in [2.24, 2.45) is 5.73 Å². The van der Waals surface area contributed by atoms with E-state index in [4.69, 9.17) is 15.4 Å². The van der Waals surface area contributed by atoms with E-state index in [9.17, 15) is 13.2 Å². The van der Waals surface area contributed by atoms with Crippen LogP contribution in [0, 0.1) is 6.92 Å². The van der Waals surface area contributed by atoms with Crippen molar-refractivity contribution in [1.29, 1.82) is 0 Å². The van der Waals surface area contributed by atoms with Crippen LogP contribution in [0.4, 0.5) is 0 Å². The van der Waals surface area contributed by atoms with Crippen LogP contribution in [0.3, 0.4) is 0 Å². The van der Waals surface area contributed by atoms with Crippen LogP contribution in [0.5, 0.6) is 0 Å². The molecule has 0 spiro atoms. The highest BCUT2D eigenvalue weighted by atomic mass is 32.2. The van der Waals surface area contributed by atoms with Gasteiger partial charge in [-0.2, -0.15) is 8.42 Å². The first kappa shape index (κ1) is 18.8. The molecule has 1 unspecified atom stereocenters. The van der Waals surface area contributed by atoms with Gasteiger partial charge in [-0.05, 0) is 31.0 Å². The molecule has 0 aliphatic heterocycles. The van der Waals surface area contributed by atoms with Gasteiger partial charge in [0.2, 0.25) is 0 Å². The van der Waals surface area contributed by atoms with Crippen molar-refractivity contribution in [3.05, 3.63) is 65.7 Å². The minimum atomic E-state index is -4.02. The molecule has 0 saturated carbocycles. The molecule has 0 aliphatic rings. The maximum absolute atomic E-state index is 10.5. The maximum Gasteiger partial charge on any atom is 0.320 e. The SMILES string of the molecule is Cc1ccc(S(=O)(=O)O)cc1.NC(Cc1ccccc1)C(=O)O. The number of aliphatic carboxylic acids is 1. The molecule has 0 aromatic heterocycles. The van der Waals surface area contributed by atoms with Gasteiger partial charge in [0.05, 0.1) is 4.90 Å². The quantitative estimate of drug-likeness (QED) is 0.733. The molecule has 2 rings (SSSR count). The van der Waals surface area contributed by atoms with Crippen molar-refractivity contribution < 1.29 is 22.9 Å². The number of rotatable bonds is 4. The second-order valence-corrected chi connectivity index (χ2v) is 6.34. The van der Waals surface area contributed by atoms with Crippen LogP contribution < -0.4 is 5.73 Å². The maximum atomic E-state index is 10.5. The summed E-state index contributed by atoms with van der Waals surface area (Å²) in [6.07, 6.45) is 0.385. The Balaban J connectivity index is 0.000000231. The van der Waals surface area contributed by atoms with Crippen LogP contribution in [0.1, 0.15) is 11.1 Å². The fourth-order valence-electron chi connectivity index (χ4n) is 1.67. The Morgan fingerprint density at radius 1 is 1.09 bits per heavy atom. The van der Waals surface area contributed by atoms with E-state index >= 15 is 0 Å². The summed E-state index contributed by atoms with van der Waals surface area (Å²) in [6.45, 7) is 1.84. The molecule has 7 heteroatoms. The summed E-state index contributed by atoms with van der Waals surface area (Å²) in [5, 5.41) is 8.52. The zero-order valence-electron chi connectivity index (χ0n) is 12.6. The van der Waals surface area contributed by atoms with Gasteiger partial charge in [0.25, 0.3) is 10.1 Å². The summed E-state index contributed by atoms with van der Waals surface area (Å²) in [7, 11) is -4.02. The Hall–Kier alpha value is -2.22. The highest BCUT2D eigenvalue weighted by molar-refractivity contribution is 7.85. The van der Waals surface area contributed by atoms with E-state index in [2.05, 4.69) is 0 Å². The highest BCUT2D eigenvalue weighted by Crippen LogP contribution is 2.08. The Labute approximate surface area is 135 Å². The van der Waals surface area contributed by atoms with Crippen LogP contribution in [0.25, 0.3) is 0 Å². The minimum absolute atomic E-state index is 0.0666. The second kappa shape index (κ2) is 8.42. The topological polar surface area (TPSA) is 118 Å². The zero-order chi connectivity index (χ0) is 17.5. The third-order valence-electron chi connectivity index (χ3n) is 2.93. The van der Waals surface area contributed by atoms with E-state index in [0.29, 0.717) is 6.42 Å². The van der Waals surface area contributed by atoms with Crippen molar-refractivity contribution >= 4 is 16.1 Å². The van der Waals surface area contributed by atoms with Crippen LogP contribution in [0.15, 0.2) is 59.5 Å². The number of hydrogen-bond acceptors (Lipinski definition) is 4. The Morgan fingerprint density at radius 3 is 2.04 bits per heavy atom. The van der Waals surface area contributed by atoms with Crippen LogP contribution in [0.2, 0.25) is 0 Å². The van der Waals surface area contributed by atoms with Gasteiger partial charge in [-0.1, -0.05) is 48.0 Å². The van der Waals surface area contributed by atoms with Crippen LogP contribution in [-0.2, 0) is 21.3 Å². The molecule has 0 amide bonds. The first-order valence-electron chi connectivity index (χ1n) is 6.76. The van der Waals surface area contributed by atoms with Gasteiger partial charge >= 0.3 is 5.97 Å². The Kier molecular flexibility index (Phi) is 6.89. The minimum Gasteiger partial charge on any atom is -0.480 e. The highest BCUT2D eigenvalue weighted by Gasteiger charge is 2.11. The molecule has 0 fully saturated rings. The first-order valence-corrected chi connectivity index (χ1v) is 8.20. The molecule has 0 saturated heterocycles. The lowest BCUT2D eigenvalue weighted by atomic mass is 10.1. The number of carboxylic acids is 1. The van der Waals surface area contributed by atoms with Crippen molar-refractivity contribution in [2.75, 3.05) is 0 Å². The molecule has 1 atom stereocenters. The molecule has 2 aromatic rings. The number of benzene rings is 2. The lowest BCUT2D eigenvalue weighted by Crippen LogP contribution is -2.32. The zero-order valence-corrected chi connectivity index (χ0v) is 13.4. The monoisotopic (exact) mass is 337 g/mol. The van der Waals surface area contributed by atoms with Gasteiger partial charge < -0.3 is 10.8 Å². The summed E-state index contributed by atoms with van der Waals surface area (Å²) in [5.74, 6) is -0.959. The van der Waals surface area contributed by atoms with Gasteiger partial charge in [0, 0.05) is 0 Å². The molecule has 23 heavy (non-hydrogen) atoms. The normalized spacial score (nSPS) is 12.0.